The van der Waals surface area contributed by atoms with Crippen molar-refractivity contribution in [3.05, 3.63) is 29.8 Å². The molecular weight excluding hydrogens is 262 g/mol. The first-order chi connectivity index (χ1) is 9.09. The van der Waals surface area contributed by atoms with E-state index in [2.05, 4.69) is 6.07 Å². The lowest BCUT2D eigenvalue weighted by Gasteiger charge is -2.28. The van der Waals surface area contributed by atoms with Gasteiger partial charge in [0.15, 0.2) is 0 Å². The topological polar surface area (TPSA) is 85.0 Å². The standard InChI is InChI=1S/C13H13N3O2S/c14-8-11-4-3-7-16(10-11)19(17,18)13-6-2-1-5-12(13)9-15/h1-2,5-6,11H,3-4,7,10H2. The molecule has 1 unspecified atom stereocenters. The minimum absolute atomic E-state index is 0.0242. The number of sulfonamides is 1. The Morgan fingerprint density at radius 1 is 1.26 bits per heavy atom. The maximum Gasteiger partial charge on any atom is 0.244 e. The molecule has 0 aliphatic carbocycles. The van der Waals surface area contributed by atoms with Gasteiger partial charge in [0.2, 0.25) is 10.0 Å². The second-order valence-electron chi connectivity index (χ2n) is 4.44. The zero-order valence-corrected chi connectivity index (χ0v) is 11.1. The van der Waals surface area contributed by atoms with E-state index in [1.165, 1.54) is 16.4 Å². The van der Waals surface area contributed by atoms with Gasteiger partial charge in [0.1, 0.15) is 6.07 Å². The van der Waals surface area contributed by atoms with Crippen molar-refractivity contribution in [3.63, 3.8) is 0 Å². The van der Waals surface area contributed by atoms with Crippen LogP contribution in [-0.4, -0.2) is 25.8 Å². The molecule has 1 heterocycles. The van der Waals surface area contributed by atoms with Gasteiger partial charge in [-0.2, -0.15) is 14.8 Å². The van der Waals surface area contributed by atoms with Crippen LogP contribution in [0.5, 0.6) is 0 Å². The van der Waals surface area contributed by atoms with Crippen molar-refractivity contribution in [1.82, 2.24) is 4.31 Å². The van der Waals surface area contributed by atoms with E-state index in [0.29, 0.717) is 13.0 Å². The van der Waals surface area contributed by atoms with Crippen molar-refractivity contribution >= 4 is 10.0 Å². The van der Waals surface area contributed by atoms with Crippen LogP contribution in [0.25, 0.3) is 0 Å². The molecule has 1 atom stereocenters. The van der Waals surface area contributed by atoms with Gasteiger partial charge in [-0.05, 0) is 25.0 Å². The van der Waals surface area contributed by atoms with Crippen LogP contribution >= 0.6 is 0 Å². The third-order valence-electron chi connectivity index (χ3n) is 3.19. The molecule has 0 amide bonds. The third kappa shape index (κ3) is 2.60. The van der Waals surface area contributed by atoms with Crippen LogP contribution in [0.4, 0.5) is 0 Å². The molecule has 6 heteroatoms. The van der Waals surface area contributed by atoms with Crippen LogP contribution in [0.3, 0.4) is 0 Å². The van der Waals surface area contributed by atoms with Crippen molar-refractivity contribution in [1.29, 1.82) is 10.5 Å². The Kier molecular flexibility index (Phi) is 3.84. The van der Waals surface area contributed by atoms with E-state index in [-0.39, 0.29) is 22.9 Å². The molecule has 1 fully saturated rings. The molecule has 2 rings (SSSR count). The van der Waals surface area contributed by atoms with Gasteiger partial charge in [-0.25, -0.2) is 8.42 Å². The Morgan fingerprint density at radius 2 is 2.00 bits per heavy atom. The van der Waals surface area contributed by atoms with Crippen LogP contribution in [0, 0.1) is 28.6 Å². The highest BCUT2D eigenvalue weighted by atomic mass is 32.2. The van der Waals surface area contributed by atoms with Gasteiger partial charge in [0.05, 0.1) is 22.4 Å². The lowest BCUT2D eigenvalue weighted by Crippen LogP contribution is -2.39. The van der Waals surface area contributed by atoms with Gasteiger partial charge in [0.25, 0.3) is 0 Å². The highest BCUT2D eigenvalue weighted by Crippen LogP contribution is 2.25. The zero-order valence-electron chi connectivity index (χ0n) is 10.3. The minimum Gasteiger partial charge on any atom is -0.207 e. The van der Waals surface area contributed by atoms with Crippen molar-refractivity contribution < 1.29 is 8.42 Å². The van der Waals surface area contributed by atoms with Crippen molar-refractivity contribution in [3.8, 4) is 12.1 Å². The summed E-state index contributed by atoms with van der Waals surface area (Å²) in [7, 11) is -3.69. The molecule has 1 aliphatic heterocycles. The Bertz CT molecular complexity index is 655. The summed E-state index contributed by atoms with van der Waals surface area (Å²) in [5.74, 6) is -0.266. The maximum atomic E-state index is 12.5. The summed E-state index contributed by atoms with van der Waals surface area (Å²) in [6.45, 7) is 0.610. The molecule has 98 valence electrons. The summed E-state index contributed by atoms with van der Waals surface area (Å²) in [5.41, 5.74) is 0.140. The Morgan fingerprint density at radius 3 is 2.68 bits per heavy atom. The van der Waals surface area contributed by atoms with Crippen LogP contribution in [0.1, 0.15) is 18.4 Å². The van der Waals surface area contributed by atoms with Crippen LogP contribution in [0.2, 0.25) is 0 Å². The van der Waals surface area contributed by atoms with Crippen molar-refractivity contribution in [2.75, 3.05) is 13.1 Å². The van der Waals surface area contributed by atoms with Crippen LogP contribution in [0.15, 0.2) is 29.2 Å². The lowest BCUT2D eigenvalue weighted by molar-refractivity contribution is 0.305. The molecule has 0 N–H and O–H groups in total. The average Bonchev–Trinajstić information content (AvgIpc) is 2.47. The zero-order chi connectivity index (χ0) is 13.9. The third-order valence-corrected chi connectivity index (χ3v) is 5.12. The first-order valence-electron chi connectivity index (χ1n) is 5.98. The highest BCUT2D eigenvalue weighted by Gasteiger charge is 2.31. The minimum atomic E-state index is -3.69. The SMILES string of the molecule is N#Cc1ccccc1S(=O)(=O)N1CCCC(C#N)C1. The highest BCUT2D eigenvalue weighted by molar-refractivity contribution is 7.89. The molecule has 19 heavy (non-hydrogen) atoms. The van der Waals surface area contributed by atoms with Gasteiger partial charge >= 0.3 is 0 Å². The Hall–Kier alpha value is -1.89. The Balaban J connectivity index is 2.38. The fourth-order valence-corrected chi connectivity index (χ4v) is 3.86. The van der Waals surface area contributed by atoms with E-state index >= 15 is 0 Å². The van der Waals surface area contributed by atoms with Gasteiger partial charge in [0, 0.05) is 13.1 Å². The first kappa shape index (κ1) is 13.5. The van der Waals surface area contributed by atoms with E-state index < -0.39 is 10.0 Å². The summed E-state index contributed by atoms with van der Waals surface area (Å²) in [6, 6.07) is 10.2. The van der Waals surface area contributed by atoms with Gasteiger partial charge in [-0.3, -0.25) is 0 Å². The molecule has 1 aromatic carbocycles. The molecule has 0 spiro atoms. The van der Waals surface area contributed by atoms with Crippen molar-refractivity contribution in [2.45, 2.75) is 17.7 Å². The molecule has 0 bridgehead atoms. The van der Waals surface area contributed by atoms with E-state index in [4.69, 9.17) is 10.5 Å². The van der Waals surface area contributed by atoms with E-state index in [9.17, 15) is 8.42 Å². The molecule has 0 radical (unpaired) electrons. The smallest absolute Gasteiger partial charge is 0.207 e. The fourth-order valence-electron chi connectivity index (χ4n) is 2.19. The fraction of sp³-hybridized carbons (Fsp3) is 0.385. The molecule has 1 aliphatic rings. The average molecular weight is 275 g/mol. The van der Waals surface area contributed by atoms with Gasteiger partial charge in [-0.1, -0.05) is 12.1 Å². The molecule has 0 aromatic heterocycles. The Labute approximate surface area is 112 Å². The number of piperidine rings is 1. The second kappa shape index (κ2) is 5.40. The number of nitrogens with zero attached hydrogens (tertiary/aromatic N) is 3. The quantitative estimate of drug-likeness (QED) is 0.818. The normalized spacial score (nSPS) is 20.4. The van der Waals surface area contributed by atoms with Crippen molar-refractivity contribution in [2.24, 2.45) is 5.92 Å². The van der Waals surface area contributed by atoms with E-state index in [1.54, 1.807) is 12.1 Å². The molecule has 1 aromatic rings. The second-order valence-corrected chi connectivity index (χ2v) is 6.35. The summed E-state index contributed by atoms with van der Waals surface area (Å²) < 4.78 is 26.3. The number of nitriles is 2. The van der Waals surface area contributed by atoms with E-state index in [1.807, 2.05) is 6.07 Å². The van der Waals surface area contributed by atoms with Crippen LogP contribution < -0.4 is 0 Å². The molecule has 0 saturated carbocycles. The summed E-state index contributed by atoms with van der Waals surface area (Å²) in [5, 5.41) is 17.9. The largest absolute Gasteiger partial charge is 0.244 e. The molecule has 1 saturated heterocycles. The molecule has 5 nitrogen and oxygen atoms in total. The summed E-state index contributed by atoms with van der Waals surface area (Å²) in [4.78, 5) is 0.0242. The predicted octanol–water partition coefficient (Wildman–Crippen LogP) is 1.48. The van der Waals surface area contributed by atoms with Crippen LogP contribution in [-0.2, 0) is 10.0 Å². The molecular formula is C13H13N3O2S. The van der Waals surface area contributed by atoms with Gasteiger partial charge in [-0.15, -0.1) is 0 Å². The number of rotatable bonds is 2. The summed E-state index contributed by atoms with van der Waals surface area (Å²) >= 11 is 0. The van der Waals surface area contributed by atoms with E-state index in [0.717, 1.165) is 6.42 Å². The number of hydrogen-bond donors (Lipinski definition) is 0. The maximum absolute atomic E-state index is 12.5. The summed E-state index contributed by atoms with van der Waals surface area (Å²) in [6.07, 6.45) is 1.40. The number of benzene rings is 1. The predicted molar refractivity (Wildman–Crippen MR) is 68.3 cm³/mol. The first-order valence-corrected chi connectivity index (χ1v) is 7.42. The number of hydrogen-bond acceptors (Lipinski definition) is 4. The monoisotopic (exact) mass is 275 g/mol. The van der Waals surface area contributed by atoms with Gasteiger partial charge < -0.3 is 0 Å². The lowest BCUT2D eigenvalue weighted by atomic mass is 10.0.